The van der Waals surface area contributed by atoms with Crippen LogP contribution in [0.5, 0.6) is 0 Å². The quantitative estimate of drug-likeness (QED) is 0.927. The van der Waals surface area contributed by atoms with E-state index in [1.165, 1.54) is 0 Å². The Kier molecular flexibility index (Phi) is 3.96. The van der Waals surface area contributed by atoms with E-state index >= 15 is 0 Å². The Labute approximate surface area is 140 Å². The molecule has 0 radical (unpaired) electrons. The van der Waals surface area contributed by atoms with Crippen LogP contribution in [0.1, 0.15) is 31.2 Å². The maximum absolute atomic E-state index is 12.9. The highest BCUT2D eigenvalue weighted by Gasteiger charge is 2.36. The monoisotopic (exact) mass is 326 g/mol. The van der Waals surface area contributed by atoms with Gasteiger partial charge >= 0.3 is 0 Å². The fourth-order valence-corrected chi connectivity index (χ4v) is 4.04. The molecule has 6 nitrogen and oxygen atoms in total. The number of rotatable bonds is 3. The third-order valence-corrected chi connectivity index (χ3v) is 5.27. The third kappa shape index (κ3) is 2.77. The van der Waals surface area contributed by atoms with Crippen molar-refractivity contribution >= 4 is 17.3 Å². The summed E-state index contributed by atoms with van der Waals surface area (Å²) in [6, 6.07) is 6.07. The van der Waals surface area contributed by atoms with Crippen molar-refractivity contribution in [3.63, 3.8) is 0 Å². The summed E-state index contributed by atoms with van der Waals surface area (Å²) in [4.78, 5) is 26.5. The topological polar surface area (TPSA) is 66.7 Å². The van der Waals surface area contributed by atoms with E-state index in [0.29, 0.717) is 19.4 Å². The van der Waals surface area contributed by atoms with Gasteiger partial charge in [-0.1, -0.05) is 6.07 Å². The summed E-state index contributed by atoms with van der Waals surface area (Å²) in [7, 11) is 0. The number of nitrogens with one attached hydrogen (secondary N) is 1. The highest BCUT2D eigenvalue weighted by molar-refractivity contribution is 5.82. The number of piperidine rings is 1. The highest BCUT2D eigenvalue weighted by atomic mass is 16.2. The molecule has 1 N–H and O–H groups in total. The molecule has 2 saturated heterocycles. The highest BCUT2D eigenvalue weighted by Crippen LogP contribution is 2.28. The van der Waals surface area contributed by atoms with Crippen LogP contribution in [0.4, 0.5) is 0 Å². The van der Waals surface area contributed by atoms with Gasteiger partial charge in [0, 0.05) is 43.2 Å². The average molecular weight is 326 g/mol. The molecule has 0 spiro atoms. The minimum atomic E-state index is 0.112. The number of pyridine rings is 1. The molecule has 2 aromatic heterocycles. The predicted octanol–water partition coefficient (Wildman–Crippen LogP) is 1.39. The standard InChI is InChI=1S/C18H22N4O2/c23-17-9-13(11-19-17)15-5-1-3-7-21(15)18(24)10-14-12-20-22-8-4-2-6-16(14)22/h2,4,6,8,12-13,15H,1,3,5,7,9-11H2,(H,19,23). The number of likely N-dealkylation sites (tertiary alicyclic amines) is 1. The number of fused-ring (bicyclic) bond motifs is 1. The molecule has 2 aliphatic rings. The van der Waals surface area contributed by atoms with Crippen LogP contribution < -0.4 is 5.32 Å². The van der Waals surface area contributed by atoms with Crippen LogP contribution in [-0.2, 0) is 16.0 Å². The predicted molar refractivity (Wildman–Crippen MR) is 89.4 cm³/mol. The molecule has 2 atom stereocenters. The van der Waals surface area contributed by atoms with Crippen LogP contribution in [0, 0.1) is 5.92 Å². The number of hydrogen-bond acceptors (Lipinski definition) is 3. The molecule has 2 fully saturated rings. The second kappa shape index (κ2) is 6.26. The number of nitrogens with zero attached hydrogens (tertiary/aromatic N) is 3. The van der Waals surface area contributed by atoms with E-state index in [1.54, 1.807) is 10.7 Å². The summed E-state index contributed by atoms with van der Waals surface area (Å²) in [5.41, 5.74) is 1.95. The molecule has 4 rings (SSSR count). The minimum Gasteiger partial charge on any atom is -0.356 e. The normalized spacial score (nSPS) is 24.3. The lowest BCUT2D eigenvalue weighted by atomic mass is 9.89. The van der Waals surface area contributed by atoms with Crippen molar-refractivity contribution < 1.29 is 9.59 Å². The first kappa shape index (κ1) is 15.2. The molecular weight excluding hydrogens is 304 g/mol. The maximum atomic E-state index is 12.9. The molecule has 0 aliphatic carbocycles. The molecule has 2 aromatic rings. The third-order valence-electron chi connectivity index (χ3n) is 5.27. The summed E-state index contributed by atoms with van der Waals surface area (Å²) < 4.78 is 1.80. The Balaban J connectivity index is 1.52. The zero-order valence-corrected chi connectivity index (χ0v) is 13.6. The molecule has 2 aliphatic heterocycles. The van der Waals surface area contributed by atoms with Gasteiger partial charge in [-0.25, -0.2) is 4.52 Å². The van der Waals surface area contributed by atoms with Gasteiger partial charge in [-0.15, -0.1) is 0 Å². The minimum absolute atomic E-state index is 0.112. The van der Waals surface area contributed by atoms with Gasteiger partial charge in [-0.3, -0.25) is 9.59 Å². The summed E-state index contributed by atoms with van der Waals surface area (Å²) >= 11 is 0. The van der Waals surface area contributed by atoms with E-state index in [1.807, 2.05) is 29.3 Å². The van der Waals surface area contributed by atoms with Gasteiger partial charge in [-0.2, -0.15) is 5.10 Å². The van der Waals surface area contributed by atoms with Gasteiger partial charge < -0.3 is 10.2 Å². The number of carbonyl (C=O) groups is 2. The van der Waals surface area contributed by atoms with Crippen molar-refractivity contribution in [2.24, 2.45) is 5.92 Å². The van der Waals surface area contributed by atoms with Crippen LogP contribution in [0.15, 0.2) is 30.6 Å². The lowest BCUT2D eigenvalue weighted by Crippen LogP contribution is -2.48. The zero-order valence-electron chi connectivity index (χ0n) is 13.6. The van der Waals surface area contributed by atoms with Crippen molar-refractivity contribution in [3.05, 3.63) is 36.2 Å². The second-order valence-corrected chi connectivity index (χ2v) is 6.80. The number of aromatic nitrogens is 2. The lowest BCUT2D eigenvalue weighted by Gasteiger charge is -2.39. The van der Waals surface area contributed by atoms with Crippen LogP contribution in [0.3, 0.4) is 0 Å². The summed E-state index contributed by atoms with van der Waals surface area (Å²) in [5, 5.41) is 7.22. The van der Waals surface area contributed by atoms with Crippen molar-refractivity contribution in [2.75, 3.05) is 13.1 Å². The van der Waals surface area contributed by atoms with E-state index in [4.69, 9.17) is 0 Å². The molecule has 24 heavy (non-hydrogen) atoms. The second-order valence-electron chi connectivity index (χ2n) is 6.80. The van der Waals surface area contributed by atoms with E-state index < -0.39 is 0 Å². The van der Waals surface area contributed by atoms with E-state index in [-0.39, 0.29) is 23.8 Å². The van der Waals surface area contributed by atoms with Gasteiger partial charge in [0.05, 0.1) is 18.1 Å². The fraction of sp³-hybridized carbons (Fsp3) is 0.500. The molecule has 0 saturated carbocycles. The smallest absolute Gasteiger partial charge is 0.227 e. The van der Waals surface area contributed by atoms with Crippen molar-refractivity contribution in [1.82, 2.24) is 19.8 Å². The first-order chi connectivity index (χ1) is 11.7. The fourth-order valence-electron chi connectivity index (χ4n) is 4.04. The lowest BCUT2D eigenvalue weighted by molar-refractivity contribution is -0.135. The van der Waals surface area contributed by atoms with Gasteiger partial charge in [0.15, 0.2) is 0 Å². The number of hydrogen-bond donors (Lipinski definition) is 1. The van der Waals surface area contributed by atoms with Crippen molar-refractivity contribution in [1.29, 1.82) is 0 Å². The molecule has 0 bridgehead atoms. The first-order valence-corrected chi connectivity index (χ1v) is 8.70. The van der Waals surface area contributed by atoms with E-state index in [2.05, 4.69) is 10.4 Å². The van der Waals surface area contributed by atoms with Crippen molar-refractivity contribution in [3.8, 4) is 0 Å². The maximum Gasteiger partial charge on any atom is 0.227 e. The largest absolute Gasteiger partial charge is 0.356 e. The first-order valence-electron chi connectivity index (χ1n) is 8.70. The Morgan fingerprint density at radius 3 is 3.08 bits per heavy atom. The van der Waals surface area contributed by atoms with Crippen LogP contribution in [0.2, 0.25) is 0 Å². The van der Waals surface area contributed by atoms with Gasteiger partial charge in [0.2, 0.25) is 11.8 Å². The van der Waals surface area contributed by atoms with Crippen LogP contribution >= 0.6 is 0 Å². The van der Waals surface area contributed by atoms with Crippen LogP contribution in [0.25, 0.3) is 5.52 Å². The zero-order chi connectivity index (χ0) is 16.5. The number of amides is 2. The summed E-state index contributed by atoms with van der Waals surface area (Å²) in [6.07, 6.45) is 7.78. The number of carbonyl (C=O) groups excluding carboxylic acids is 2. The average Bonchev–Trinajstić information content (AvgIpc) is 3.22. The summed E-state index contributed by atoms with van der Waals surface area (Å²) in [5.74, 6) is 0.518. The Morgan fingerprint density at radius 1 is 1.33 bits per heavy atom. The Morgan fingerprint density at radius 2 is 2.25 bits per heavy atom. The molecule has 0 aromatic carbocycles. The summed E-state index contributed by atoms with van der Waals surface area (Å²) in [6.45, 7) is 1.50. The molecule has 2 unspecified atom stereocenters. The van der Waals surface area contributed by atoms with Gasteiger partial charge in [0.1, 0.15) is 0 Å². The Hall–Kier alpha value is -2.37. The molecule has 6 heteroatoms. The van der Waals surface area contributed by atoms with Gasteiger partial charge in [0.25, 0.3) is 0 Å². The molecule has 4 heterocycles. The SMILES string of the molecule is O=C1CC(C2CCCCN2C(=O)Cc2cnn3ccccc23)CN1. The molecule has 2 amide bonds. The van der Waals surface area contributed by atoms with Crippen LogP contribution in [-0.4, -0.2) is 45.5 Å². The molecular formula is C18H22N4O2. The van der Waals surface area contributed by atoms with E-state index in [9.17, 15) is 9.59 Å². The van der Waals surface area contributed by atoms with Gasteiger partial charge in [-0.05, 0) is 31.4 Å². The Bertz CT molecular complexity index is 769. The van der Waals surface area contributed by atoms with E-state index in [0.717, 1.165) is 36.9 Å². The molecule has 126 valence electrons. The van der Waals surface area contributed by atoms with Crippen molar-refractivity contribution in [2.45, 2.75) is 38.1 Å².